The number of ether oxygens (including phenoxy) is 1. The highest BCUT2D eigenvalue weighted by Crippen LogP contribution is 2.45. The van der Waals surface area contributed by atoms with E-state index in [0.29, 0.717) is 28.9 Å². The molecule has 6 heterocycles. The van der Waals surface area contributed by atoms with E-state index in [4.69, 9.17) is 15.5 Å². The van der Waals surface area contributed by atoms with Crippen molar-refractivity contribution in [3.8, 4) is 17.3 Å². The zero-order chi connectivity index (χ0) is 24.6. The van der Waals surface area contributed by atoms with Crippen molar-refractivity contribution in [1.29, 1.82) is 5.26 Å². The zero-order valence-corrected chi connectivity index (χ0v) is 20.0. The van der Waals surface area contributed by atoms with Gasteiger partial charge in [-0.1, -0.05) is 0 Å². The molecule has 3 aliphatic rings. The second kappa shape index (κ2) is 8.03. The maximum Gasteiger partial charge on any atom is 0.226 e. The minimum absolute atomic E-state index is 0.0970. The van der Waals surface area contributed by atoms with Crippen LogP contribution in [0.4, 0.5) is 19.7 Å². The molecule has 1 aromatic carbocycles. The largest absolute Gasteiger partial charge is 0.389 e. The number of thiophene rings is 1. The summed E-state index contributed by atoms with van der Waals surface area (Å²) in [5, 5.41) is 14.3. The molecule has 3 aliphatic heterocycles. The maximum atomic E-state index is 16.4. The van der Waals surface area contributed by atoms with Gasteiger partial charge in [0.15, 0.2) is 11.6 Å². The molecule has 0 spiro atoms. The number of hydrogen-bond acceptors (Lipinski definition) is 9. The molecule has 8 nitrogen and oxygen atoms in total. The first-order valence-electron chi connectivity index (χ1n) is 11.9. The van der Waals surface area contributed by atoms with Gasteiger partial charge in [0, 0.05) is 41.7 Å². The molecular formula is C25H21F2N7OS. The highest BCUT2D eigenvalue weighted by molar-refractivity contribution is 7.23. The van der Waals surface area contributed by atoms with Gasteiger partial charge >= 0.3 is 0 Å². The molecule has 2 fully saturated rings. The van der Waals surface area contributed by atoms with Gasteiger partial charge in [0.25, 0.3) is 0 Å². The van der Waals surface area contributed by atoms with Gasteiger partial charge < -0.3 is 20.7 Å². The van der Waals surface area contributed by atoms with Crippen molar-refractivity contribution >= 4 is 43.3 Å². The van der Waals surface area contributed by atoms with E-state index >= 15 is 4.39 Å². The Kier molecular flexibility index (Phi) is 4.86. The van der Waals surface area contributed by atoms with Crippen LogP contribution in [0, 0.1) is 28.9 Å². The fraction of sp³-hybridized carbons (Fsp3) is 0.360. The Labute approximate surface area is 208 Å². The summed E-state index contributed by atoms with van der Waals surface area (Å²) in [7, 11) is 0. The van der Waals surface area contributed by atoms with Crippen LogP contribution in [-0.4, -0.2) is 40.6 Å². The number of hydrogen-bond donors (Lipinski definition) is 2. The normalized spacial score (nSPS) is 21.2. The Balaban J connectivity index is 1.45. The Morgan fingerprint density at radius 3 is 2.89 bits per heavy atom. The van der Waals surface area contributed by atoms with E-state index < -0.39 is 11.6 Å². The van der Waals surface area contributed by atoms with Crippen LogP contribution < -0.4 is 16.0 Å². The molecule has 0 radical (unpaired) electrons. The lowest BCUT2D eigenvalue weighted by atomic mass is 9.94. The Morgan fingerprint density at radius 1 is 1.19 bits per heavy atom. The maximum absolute atomic E-state index is 16.4. The van der Waals surface area contributed by atoms with Gasteiger partial charge in [-0.2, -0.15) is 5.26 Å². The van der Waals surface area contributed by atoms with Gasteiger partial charge in [-0.15, -0.1) is 11.3 Å². The molecule has 0 amide bonds. The fourth-order valence-electron chi connectivity index (χ4n) is 5.90. The molecule has 7 rings (SSSR count). The molecule has 36 heavy (non-hydrogen) atoms. The van der Waals surface area contributed by atoms with Crippen LogP contribution in [-0.2, 0) is 18.0 Å². The average Bonchev–Trinajstić information content (AvgIpc) is 3.62. The fourth-order valence-corrected chi connectivity index (χ4v) is 6.82. The van der Waals surface area contributed by atoms with Crippen molar-refractivity contribution in [2.45, 2.75) is 32.1 Å². The molecule has 2 unspecified atom stereocenters. The molecule has 2 saturated heterocycles. The van der Waals surface area contributed by atoms with E-state index in [2.05, 4.69) is 20.2 Å². The van der Waals surface area contributed by atoms with Crippen LogP contribution in [0.25, 0.3) is 32.2 Å². The first kappa shape index (κ1) is 21.8. The predicted octanol–water partition coefficient (Wildman–Crippen LogP) is 3.86. The summed E-state index contributed by atoms with van der Waals surface area (Å²) >= 11 is 0.959. The molecule has 11 heteroatoms. The van der Waals surface area contributed by atoms with Crippen LogP contribution in [0.1, 0.15) is 29.5 Å². The Bertz CT molecular complexity index is 1600. The van der Waals surface area contributed by atoms with E-state index in [-0.39, 0.29) is 50.6 Å². The number of anilines is 2. The van der Waals surface area contributed by atoms with Crippen molar-refractivity contribution in [1.82, 2.24) is 20.3 Å². The van der Waals surface area contributed by atoms with E-state index in [0.717, 1.165) is 55.6 Å². The number of aromatic nitrogens is 3. The summed E-state index contributed by atoms with van der Waals surface area (Å²) in [6.45, 7) is 3.06. The van der Waals surface area contributed by atoms with Crippen LogP contribution in [0.3, 0.4) is 0 Å². The summed E-state index contributed by atoms with van der Waals surface area (Å²) in [5.74, 6) is -0.175. The van der Waals surface area contributed by atoms with Gasteiger partial charge in [0.1, 0.15) is 16.6 Å². The highest BCUT2D eigenvalue weighted by atomic mass is 32.1. The SMILES string of the molecule is N#Cc1c(N)sc2c(F)cnc(-c3c4c(c5cnc(N6CC7CCCNC7C6)nc5c3F)COC4)c12. The number of halogens is 2. The molecule has 4 aromatic rings. The molecule has 182 valence electrons. The smallest absolute Gasteiger partial charge is 0.226 e. The minimum atomic E-state index is -0.602. The number of nitrogens with two attached hydrogens (primary N) is 1. The van der Waals surface area contributed by atoms with Gasteiger partial charge in [-0.3, -0.25) is 4.98 Å². The van der Waals surface area contributed by atoms with Gasteiger partial charge in [-0.05, 0) is 36.4 Å². The number of nitrogens with one attached hydrogen (secondary N) is 1. The van der Waals surface area contributed by atoms with Crippen molar-refractivity contribution in [3.63, 3.8) is 0 Å². The van der Waals surface area contributed by atoms with Crippen LogP contribution >= 0.6 is 11.3 Å². The van der Waals surface area contributed by atoms with Crippen molar-refractivity contribution in [3.05, 3.63) is 40.7 Å². The van der Waals surface area contributed by atoms with Gasteiger partial charge in [0.05, 0.1) is 35.4 Å². The Hall–Kier alpha value is -3.46. The number of pyridine rings is 1. The number of fused-ring (bicyclic) bond motifs is 5. The second-order valence-electron chi connectivity index (χ2n) is 9.55. The van der Waals surface area contributed by atoms with Gasteiger partial charge in [-0.25, -0.2) is 18.7 Å². The number of piperidine rings is 1. The third-order valence-corrected chi connectivity index (χ3v) is 8.64. The summed E-state index contributed by atoms with van der Waals surface area (Å²) < 4.78 is 36.9. The molecule has 0 aliphatic carbocycles. The van der Waals surface area contributed by atoms with E-state index in [1.54, 1.807) is 6.20 Å². The van der Waals surface area contributed by atoms with Crippen molar-refractivity contribution in [2.75, 3.05) is 30.3 Å². The molecule has 0 saturated carbocycles. The van der Waals surface area contributed by atoms with Crippen LogP contribution in [0.2, 0.25) is 0 Å². The zero-order valence-electron chi connectivity index (χ0n) is 19.1. The van der Waals surface area contributed by atoms with Crippen molar-refractivity contribution in [2.24, 2.45) is 5.92 Å². The Morgan fingerprint density at radius 2 is 2.06 bits per heavy atom. The summed E-state index contributed by atoms with van der Waals surface area (Å²) in [4.78, 5) is 15.7. The first-order chi connectivity index (χ1) is 17.5. The van der Waals surface area contributed by atoms with Gasteiger partial charge in [0.2, 0.25) is 5.95 Å². The molecule has 0 bridgehead atoms. The lowest BCUT2D eigenvalue weighted by molar-refractivity contribution is 0.135. The van der Waals surface area contributed by atoms with Crippen molar-refractivity contribution < 1.29 is 13.5 Å². The number of nitrogen functional groups attached to an aromatic ring is 1. The monoisotopic (exact) mass is 505 g/mol. The molecular weight excluding hydrogens is 484 g/mol. The third kappa shape index (κ3) is 3.05. The highest BCUT2D eigenvalue weighted by Gasteiger charge is 2.36. The quantitative estimate of drug-likeness (QED) is 0.422. The first-order valence-corrected chi connectivity index (χ1v) is 12.7. The predicted molar refractivity (Wildman–Crippen MR) is 132 cm³/mol. The van der Waals surface area contributed by atoms with Crippen LogP contribution in [0.5, 0.6) is 0 Å². The summed E-state index contributed by atoms with van der Waals surface area (Å²) in [6.07, 6.45) is 5.02. The standard InChI is InChI=1S/C25H21F2N7OS/c26-16-6-31-22(19-12(4-28)24(29)36-23(16)19)18-15-10-35-9-14(15)13-5-32-25(33-21(13)20(18)27)34-7-11-2-1-3-30-17(11)8-34/h5-6,11,17,30H,1-3,7-10,29H2. The number of rotatable bonds is 2. The minimum Gasteiger partial charge on any atom is -0.389 e. The molecule has 3 N–H and O–H groups in total. The van der Waals surface area contributed by atoms with E-state index in [9.17, 15) is 9.65 Å². The van der Waals surface area contributed by atoms with E-state index in [1.807, 2.05) is 6.07 Å². The number of benzene rings is 1. The molecule has 2 atom stereocenters. The topological polar surface area (TPSA) is 113 Å². The van der Waals surface area contributed by atoms with E-state index in [1.165, 1.54) is 0 Å². The average molecular weight is 506 g/mol. The lowest BCUT2D eigenvalue weighted by Crippen LogP contribution is -2.40. The molecule has 3 aromatic heterocycles. The second-order valence-corrected chi connectivity index (χ2v) is 10.6. The summed E-state index contributed by atoms with van der Waals surface area (Å²) in [5.41, 5.74) is 8.03. The lowest BCUT2D eigenvalue weighted by Gasteiger charge is -2.24. The van der Waals surface area contributed by atoms with Crippen LogP contribution in [0.15, 0.2) is 12.4 Å². The summed E-state index contributed by atoms with van der Waals surface area (Å²) in [6, 6.07) is 2.42. The third-order valence-electron chi connectivity index (χ3n) is 7.61. The number of nitriles is 1. The number of nitrogens with zero attached hydrogens (tertiary/aromatic N) is 5.